The van der Waals surface area contributed by atoms with E-state index in [1.54, 1.807) is 17.6 Å². The summed E-state index contributed by atoms with van der Waals surface area (Å²) >= 11 is 9.64. The molecule has 0 saturated heterocycles. The Balaban J connectivity index is 1.71. The van der Waals surface area contributed by atoms with E-state index in [-0.39, 0.29) is 16.2 Å². The van der Waals surface area contributed by atoms with E-state index in [1.807, 2.05) is 18.2 Å². The van der Waals surface area contributed by atoms with E-state index in [4.69, 9.17) is 11.6 Å². The second-order valence-electron chi connectivity index (χ2n) is 6.89. The summed E-state index contributed by atoms with van der Waals surface area (Å²) in [7, 11) is 0. The van der Waals surface area contributed by atoms with Gasteiger partial charge in [0.05, 0.1) is 22.9 Å². The van der Waals surface area contributed by atoms with Crippen LogP contribution in [-0.2, 0) is 6.54 Å². The first-order valence-corrected chi connectivity index (χ1v) is 10.6. The number of aryl methyl sites for hydroxylation is 1. The van der Waals surface area contributed by atoms with Crippen molar-refractivity contribution in [2.75, 3.05) is 5.43 Å². The molecule has 162 valence electrons. The van der Waals surface area contributed by atoms with Gasteiger partial charge >= 0.3 is 5.97 Å². The van der Waals surface area contributed by atoms with Gasteiger partial charge in [-0.1, -0.05) is 27.5 Å². The highest BCUT2D eigenvalue weighted by Gasteiger charge is 2.16. The molecule has 0 aliphatic carbocycles. The zero-order valence-corrected chi connectivity index (χ0v) is 18.9. The van der Waals surface area contributed by atoms with Gasteiger partial charge in [0.25, 0.3) is 0 Å². The number of carboxylic acids is 1. The number of carbonyl (C=O) groups is 1. The molecule has 32 heavy (non-hydrogen) atoms. The van der Waals surface area contributed by atoms with Crippen molar-refractivity contribution in [3.63, 3.8) is 0 Å². The first-order valence-electron chi connectivity index (χ1n) is 9.43. The summed E-state index contributed by atoms with van der Waals surface area (Å²) in [6.07, 6.45) is 2.66. The third-order valence-corrected chi connectivity index (χ3v) is 5.68. The van der Waals surface area contributed by atoms with Crippen LogP contribution in [0.5, 0.6) is 0 Å². The third-order valence-electron chi connectivity index (χ3n) is 4.89. The molecule has 0 saturated carbocycles. The van der Waals surface area contributed by atoms with Gasteiger partial charge in [-0.05, 0) is 43.3 Å². The summed E-state index contributed by atoms with van der Waals surface area (Å²) in [6.45, 7) is 2.18. The van der Waals surface area contributed by atoms with Crippen LogP contribution in [0.4, 0.5) is 10.1 Å². The first kappa shape index (κ1) is 21.9. The molecule has 0 unspecified atom stereocenters. The van der Waals surface area contributed by atoms with Gasteiger partial charge in [-0.3, -0.25) is 10.2 Å². The molecule has 0 radical (unpaired) electrons. The highest BCUT2D eigenvalue weighted by Crippen LogP contribution is 2.24. The fourth-order valence-electron chi connectivity index (χ4n) is 3.31. The number of pyridine rings is 2. The highest BCUT2D eigenvalue weighted by atomic mass is 79.9. The van der Waals surface area contributed by atoms with E-state index >= 15 is 0 Å². The summed E-state index contributed by atoms with van der Waals surface area (Å²) in [6, 6.07) is 9.81. The van der Waals surface area contributed by atoms with Crippen LogP contribution in [0.2, 0.25) is 5.15 Å². The molecule has 0 aliphatic heterocycles. The summed E-state index contributed by atoms with van der Waals surface area (Å²) in [5.74, 6) is -2.11. The van der Waals surface area contributed by atoms with Crippen molar-refractivity contribution < 1.29 is 14.3 Å². The molecule has 0 amide bonds. The number of fused-ring (bicyclic) bond motifs is 2. The SMILES string of the molecule is CCn1cc(C(=O)O)c(=O)c2cc(F)c(N/N=C/c3cc4cc(Br)ccc4nc3Cl)cc21. The molecule has 2 aromatic carbocycles. The number of halogens is 3. The lowest BCUT2D eigenvalue weighted by atomic mass is 10.1. The molecule has 2 heterocycles. The molecule has 4 rings (SSSR count). The van der Waals surface area contributed by atoms with E-state index in [1.165, 1.54) is 18.5 Å². The number of nitrogens with one attached hydrogen (secondary N) is 1. The lowest BCUT2D eigenvalue weighted by molar-refractivity contribution is 0.0695. The Kier molecular flexibility index (Phi) is 5.94. The molecule has 4 aromatic rings. The Morgan fingerprint density at radius 3 is 2.84 bits per heavy atom. The second kappa shape index (κ2) is 8.68. The van der Waals surface area contributed by atoms with Gasteiger partial charge in [0.15, 0.2) is 0 Å². The summed E-state index contributed by atoms with van der Waals surface area (Å²) < 4.78 is 17.1. The Morgan fingerprint density at radius 1 is 1.34 bits per heavy atom. The average Bonchev–Trinajstić information content (AvgIpc) is 2.75. The number of carboxylic acid groups (broad SMARTS) is 1. The fourth-order valence-corrected chi connectivity index (χ4v) is 3.89. The molecule has 0 spiro atoms. The third kappa shape index (κ3) is 4.09. The number of nitrogens with zero attached hydrogens (tertiary/aromatic N) is 3. The van der Waals surface area contributed by atoms with Gasteiger partial charge in [-0.25, -0.2) is 14.2 Å². The van der Waals surface area contributed by atoms with E-state index in [0.29, 0.717) is 17.6 Å². The highest BCUT2D eigenvalue weighted by molar-refractivity contribution is 9.10. The number of hydrogen-bond donors (Lipinski definition) is 2. The van der Waals surface area contributed by atoms with Crippen molar-refractivity contribution in [2.24, 2.45) is 5.10 Å². The van der Waals surface area contributed by atoms with Crippen LogP contribution >= 0.6 is 27.5 Å². The number of benzene rings is 2. The zero-order chi connectivity index (χ0) is 23.0. The monoisotopic (exact) mass is 516 g/mol. The Labute approximate surface area is 194 Å². The molecular formula is C22H15BrClFN4O3. The van der Waals surface area contributed by atoms with Crippen molar-refractivity contribution in [3.05, 3.63) is 79.4 Å². The standard InChI is InChI=1S/C22H15BrClFN4O3/c1-2-29-10-15(22(31)32)20(30)14-7-16(25)18(8-19(14)29)28-26-9-12-5-11-6-13(23)3-4-17(11)27-21(12)24/h3-10,28H,2H2,1H3,(H,31,32)/b26-9+. The predicted molar refractivity (Wildman–Crippen MR) is 126 cm³/mol. The van der Waals surface area contributed by atoms with Gasteiger partial charge in [-0.15, -0.1) is 0 Å². The summed E-state index contributed by atoms with van der Waals surface area (Å²) in [5.41, 5.74) is 3.12. The van der Waals surface area contributed by atoms with E-state index < -0.39 is 22.8 Å². The van der Waals surface area contributed by atoms with Crippen molar-refractivity contribution in [3.8, 4) is 0 Å². The maximum Gasteiger partial charge on any atom is 0.341 e. The predicted octanol–water partition coefficient (Wildman–Crippen LogP) is 5.27. The van der Waals surface area contributed by atoms with Crippen LogP contribution in [-0.4, -0.2) is 26.8 Å². The minimum absolute atomic E-state index is 0.0195. The van der Waals surface area contributed by atoms with Crippen molar-refractivity contribution in [2.45, 2.75) is 13.5 Å². The average molecular weight is 518 g/mol. The maximum absolute atomic E-state index is 14.7. The Hall–Kier alpha value is -3.30. The molecule has 10 heteroatoms. The molecule has 2 N–H and O–H groups in total. The van der Waals surface area contributed by atoms with Crippen molar-refractivity contribution in [1.82, 2.24) is 9.55 Å². The van der Waals surface area contributed by atoms with Gasteiger partial charge in [0.2, 0.25) is 5.43 Å². The topological polar surface area (TPSA) is 96.6 Å². The number of rotatable bonds is 5. The minimum Gasteiger partial charge on any atom is -0.477 e. The quantitative estimate of drug-likeness (QED) is 0.214. The van der Waals surface area contributed by atoms with Gasteiger partial charge < -0.3 is 9.67 Å². The molecule has 0 atom stereocenters. The molecular weight excluding hydrogens is 503 g/mol. The Bertz CT molecular complexity index is 1490. The van der Waals surface area contributed by atoms with Gasteiger partial charge in [0.1, 0.15) is 16.5 Å². The number of aromatic nitrogens is 2. The van der Waals surface area contributed by atoms with Crippen LogP contribution in [0.25, 0.3) is 21.8 Å². The lowest BCUT2D eigenvalue weighted by Gasteiger charge is -2.12. The van der Waals surface area contributed by atoms with Crippen LogP contribution < -0.4 is 10.9 Å². The second-order valence-corrected chi connectivity index (χ2v) is 8.16. The lowest BCUT2D eigenvalue weighted by Crippen LogP contribution is -2.19. The van der Waals surface area contributed by atoms with Crippen LogP contribution in [0, 0.1) is 5.82 Å². The maximum atomic E-state index is 14.7. The van der Waals surface area contributed by atoms with E-state index in [2.05, 4.69) is 31.4 Å². The molecule has 0 fully saturated rings. The minimum atomic E-state index is -1.36. The molecule has 2 aromatic heterocycles. The van der Waals surface area contributed by atoms with Crippen molar-refractivity contribution in [1.29, 1.82) is 0 Å². The smallest absolute Gasteiger partial charge is 0.341 e. The van der Waals surface area contributed by atoms with E-state index in [0.717, 1.165) is 21.4 Å². The summed E-state index contributed by atoms with van der Waals surface area (Å²) in [5, 5.41) is 14.4. The van der Waals surface area contributed by atoms with Gasteiger partial charge in [0, 0.05) is 33.6 Å². The first-order chi connectivity index (χ1) is 15.3. The zero-order valence-electron chi connectivity index (χ0n) is 16.6. The molecule has 0 aliphatic rings. The van der Waals surface area contributed by atoms with Gasteiger partial charge in [-0.2, -0.15) is 5.10 Å². The normalized spacial score (nSPS) is 11.5. The molecule has 7 nitrogen and oxygen atoms in total. The summed E-state index contributed by atoms with van der Waals surface area (Å²) in [4.78, 5) is 28.1. The number of aromatic carboxylic acids is 1. The van der Waals surface area contributed by atoms with Crippen LogP contribution in [0.15, 0.2) is 57.0 Å². The molecule has 0 bridgehead atoms. The Morgan fingerprint density at radius 2 is 2.12 bits per heavy atom. The number of hydrogen-bond acceptors (Lipinski definition) is 5. The number of hydrazone groups is 1. The number of anilines is 1. The van der Waals surface area contributed by atoms with Crippen molar-refractivity contribution >= 4 is 67.2 Å². The van der Waals surface area contributed by atoms with Crippen LogP contribution in [0.3, 0.4) is 0 Å². The van der Waals surface area contributed by atoms with E-state index in [9.17, 15) is 19.1 Å². The largest absolute Gasteiger partial charge is 0.477 e. The fraction of sp³-hybridized carbons (Fsp3) is 0.0909. The van der Waals surface area contributed by atoms with Crippen LogP contribution in [0.1, 0.15) is 22.8 Å².